The highest BCUT2D eigenvalue weighted by Crippen LogP contribution is 2.41. The van der Waals surface area contributed by atoms with Crippen LogP contribution in [0.3, 0.4) is 0 Å². The molecule has 1 heterocycles. The van der Waals surface area contributed by atoms with Gasteiger partial charge >= 0.3 is 0 Å². The van der Waals surface area contributed by atoms with Crippen LogP contribution in [0.2, 0.25) is 0 Å². The van der Waals surface area contributed by atoms with Crippen molar-refractivity contribution in [1.29, 1.82) is 0 Å². The molecule has 0 amide bonds. The summed E-state index contributed by atoms with van der Waals surface area (Å²) in [4.78, 5) is 3.92. The molecule has 0 spiro atoms. The standard InChI is InChI=1S/C9H11N2/c10-5-8-6-11-4-3-9(8)7-1-2-7/h3-4,7H,1-2,5,10H2. The van der Waals surface area contributed by atoms with Crippen LogP contribution in [0.15, 0.2) is 12.3 Å². The zero-order valence-electron chi connectivity index (χ0n) is 6.38. The number of hydrogen-bond acceptors (Lipinski definition) is 2. The molecule has 1 fully saturated rings. The van der Waals surface area contributed by atoms with Crippen molar-refractivity contribution in [3.8, 4) is 0 Å². The van der Waals surface area contributed by atoms with Gasteiger partial charge in [-0.2, -0.15) is 0 Å². The number of aromatic nitrogens is 1. The van der Waals surface area contributed by atoms with E-state index in [0.29, 0.717) is 6.54 Å². The molecule has 11 heavy (non-hydrogen) atoms. The van der Waals surface area contributed by atoms with Crippen LogP contribution in [-0.4, -0.2) is 4.98 Å². The van der Waals surface area contributed by atoms with Gasteiger partial charge in [0.2, 0.25) is 0 Å². The number of hydrogen-bond donors (Lipinski definition) is 1. The molecule has 2 N–H and O–H groups in total. The van der Waals surface area contributed by atoms with E-state index in [2.05, 4.69) is 17.2 Å². The van der Waals surface area contributed by atoms with Gasteiger partial charge in [0.05, 0.1) is 6.20 Å². The van der Waals surface area contributed by atoms with E-state index in [1.165, 1.54) is 18.4 Å². The highest BCUT2D eigenvalue weighted by atomic mass is 14.6. The van der Waals surface area contributed by atoms with Gasteiger partial charge in [-0.3, -0.25) is 4.98 Å². The average Bonchev–Trinajstić information content (AvgIpc) is 2.87. The van der Waals surface area contributed by atoms with Crippen molar-refractivity contribution in [2.45, 2.75) is 25.3 Å². The zero-order chi connectivity index (χ0) is 7.68. The van der Waals surface area contributed by atoms with Crippen LogP contribution in [0.5, 0.6) is 0 Å². The van der Waals surface area contributed by atoms with Crippen LogP contribution in [0.1, 0.15) is 29.9 Å². The van der Waals surface area contributed by atoms with E-state index < -0.39 is 0 Å². The van der Waals surface area contributed by atoms with Gasteiger partial charge in [-0.25, -0.2) is 0 Å². The van der Waals surface area contributed by atoms with Crippen molar-refractivity contribution in [3.63, 3.8) is 0 Å². The third-order valence-corrected chi connectivity index (χ3v) is 2.10. The van der Waals surface area contributed by atoms with Crippen LogP contribution >= 0.6 is 0 Å². The maximum Gasteiger partial charge on any atom is 0.0937 e. The summed E-state index contributed by atoms with van der Waals surface area (Å²) in [7, 11) is 0. The molecule has 1 aliphatic rings. The molecule has 2 nitrogen and oxygen atoms in total. The third-order valence-electron chi connectivity index (χ3n) is 2.10. The smallest absolute Gasteiger partial charge is 0.0937 e. The van der Waals surface area contributed by atoms with Crippen molar-refractivity contribution in [1.82, 2.24) is 4.98 Å². The Bertz CT molecular complexity index is 253. The van der Waals surface area contributed by atoms with Gasteiger partial charge in [0.1, 0.15) is 0 Å². The zero-order valence-corrected chi connectivity index (χ0v) is 6.38. The van der Waals surface area contributed by atoms with Gasteiger partial charge in [0.25, 0.3) is 0 Å². The Morgan fingerprint density at radius 1 is 1.64 bits per heavy atom. The van der Waals surface area contributed by atoms with E-state index in [4.69, 9.17) is 5.73 Å². The molecule has 1 aromatic rings. The van der Waals surface area contributed by atoms with Gasteiger partial charge in [0, 0.05) is 12.7 Å². The number of nitrogens with zero attached hydrogens (tertiary/aromatic N) is 1. The molecular weight excluding hydrogens is 136 g/mol. The van der Waals surface area contributed by atoms with Crippen LogP contribution in [0.25, 0.3) is 0 Å². The normalized spacial score (nSPS) is 16.8. The molecule has 1 saturated carbocycles. The van der Waals surface area contributed by atoms with Crippen LogP contribution in [-0.2, 0) is 6.54 Å². The summed E-state index contributed by atoms with van der Waals surface area (Å²) >= 11 is 0. The van der Waals surface area contributed by atoms with Crippen LogP contribution < -0.4 is 5.73 Å². The molecule has 2 heteroatoms. The quantitative estimate of drug-likeness (QED) is 0.683. The monoisotopic (exact) mass is 147 g/mol. The highest BCUT2D eigenvalue weighted by Gasteiger charge is 2.25. The molecule has 1 aliphatic carbocycles. The molecule has 1 radical (unpaired) electrons. The Hall–Kier alpha value is -0.890. The molecule has 0 atom stereocenters. The predicted octanol–water partition coefficient (Wildman–Crippen LogP) is 1.22. The fraction of sp³-hybridized carbons (Fsp3) is 0.444. The Balaban J connectivity index is 2.34. The van der Waals surface area contributed by atoms with E-state index in [0.717, 1.165) is 11.5 Å². The third kappa shape index (κ3) is 1.26. The summed E-state index contributed by atoms with van der Waals surface area (Å²) in [5, 5.41) is 0. The summed E-state index contributed by atoms with van der Waals surface area (Å²) in [5.74, 6) is 0.757. The Morgan fingerprint density at radius 3 is 3.09 bits per heavy atom. The largest absolute Gasteiger partial charge is 0.326 e. The van der Waals surface area contributed by atoms with Crippen molar-refractivity contribution in [3.05, 3.63) is 29.6 Å². The van der Waals surface area contributed by atoms with Crippen molar-refractivity contribution in [2.24, 2.45) is 5.73 Å². The molecule has 0 aliphatic heterocycles. The Morgan fingerprint density at radius 2 is 2.45 bits per heavy atom. The van der Waals surface area contributed by atoms with Gasteiger partial charge < -0.3 is 5.73 Å². The van der Waals surface area contributed by atoms with Gasteiger partial charge in [0.15, 0.2) is 0 Å². The van der Waals surface area contributed by atoms with E-state index in [9.17, 15) is 0 Å². The van der Waals surface area contributed by atoms with Crippen LogP contribution in [0, 0.1) is 6.20 Å². The second-order valence-electron chi connectivity index (χ2n) is 2.97. The average molecular weight is 147 g/mol. The molecule has 2 rings (SSSR count). The molecule has 57 valence electrons. The molecule has 1 aromatic heterocycles. The minimum absolute atomic E-state index is 0.569. The lowest BCUT2D eigenvalue weighted by Gasteiger charge is -2.02. The second-order valence-corrected chi connectivity index (χ2v) is 2.97. The van der Waals surface area contributed by atoms with Crippen molar-refractivity contribution >= 4 is 0 Å². The minimum atomic E-state index is 0.569. The van der Waals surface area contributed by atoms with E-state index >= 15 is 0 Å². The Kier molecular flexibility index (Phi) is 1.62. The molecule has 0 bridgehead atoms. The topological polar surface area (TPSA) is 38.9 Å². The first-order valence-electron chi connectivity index (χ1n) is 3.97. The van der Waals surface area contributed by atoms with E-state index in [1.54, 1.807) is 6.20 Å². The first-order chi connectivity index (χ1) is 5.42. The molecule has 0 aromatic carbocycles. The van der Waals surface area contributed by atoms with E-state index in [-0.39, 0.29) is 0 Å². The first-order valence-corrected chi connectivity index (χ1v) is 3.97. The van der Waals surface area contributed by atoms with Gasteiger partial charge in [-0.1, -0.05) is 0 Å². The lowest BCUT2D eigenvalue weighted by Crippen LogP contribution is -2.01. The summed E-state index contributed by atoms with van der Waals surface area (Å²) < 4.78 is 0. The summed E-state index contributed by atoms with van der Waals surface area (Å²) in [6.07, 6.45) is 7.35. The molecule has 0 unspecified atom stereocenters. The molecule has 0 saturated heterocycles. The fourth-order valence-electron chi connectivity index (χ4n) is 1.34. The first kappa shape index (κ1) is 6.80. The number of rotatable bonds is 2. The Labute approximate surface area is 66.4 Å². The predicted molar refractivity (Wildman–Crippen MR) is 42.9 cm³/mol. The summed E-state index contributed by atoms with van der Waals surface area (Å²) in [6, 6.07) is 2.07. The lowest BCUT2D eigenvalue weighted by atomic mass is 10.1. The molecular formula is C9H11N2. The van der Waals surface area contributed by atoms with Crippen molar-refractivity contribution in [2.75, 3.05) is 0 Å². The van der Waals surface area contributed by atoms with E-state index in [1.807, 2.05) is 0 Å². The number of pyridine rings is 1. The van der Waals surface area contributed by atoms with Gasteiger partial charge in [-0.15, -0.1) is 0 Å². The fourth-order valence-corrected chi connectivity index (χ4v) is 1.34. The highest BCUT2D eigenvalue weighted by molar-refractivity contribution is 5.29. The number of nitrogens with two attached hydrogens (primary N) is 1. The maximum absolute atomic E-state index is 5.54. The van der Waals surface area contributed by atoms with Crippen molar-refractivity contribution < 1.29 is 0 Å². The van der Waals surface area contributed by atoms with Gasteiger partial charge in [-0.05, 0) is 36.0 Å². The lowest BCUT2D eigenvalue weighted by molar-refractivity contribution is 0.971. The second kappa shape index (κ2) is 2.62. The summed E-state index contributed by atoms with van der Waals surface area (Å²) in [6.45, 7) is 0.569. The maximum atomic E-state index is 5.54. The minimum Gasteiger partial charge on any atom is -0.326 e. The van der Waals surface area contributed by atoms with Crippen LogP contribution in [0.4, 0.5) is 0 Å². The SMILES string of the molecule is NCc1[c]nccc1C1CC1. The summed E-state index contributed by atoms with van der Waals surface area (Å²) in [5.41, 5.74) is 8.00.